The van der Waals surface area contributed by atoms with Crippen LogP contribution in [0.3, 0.4) is 0 Å². The fraction of sp³-hybridized carbons (Fsp3) is 0.176. The highest BCUT2D eigenvalue weighted by molar-refractivity contribution is 5.94. The third-order valence-corrected chi connectivity index (χ3v) is 3.26. The summed E-state index contributed by atoms with van der Waals surface area (Å²) in [6, 6.07) is 12.8. The fourth-order valence-corrected chi connectivity index (χ4v) is 2.08. The molecule has 1 heterocycles. The Kier molecular flexibility index (Phi) is 4.05. The van der Waals surface area contributed by atoms with Crippen LogP contribution in [-0.2, 0) is 0 Å². The van der Waals surface area contributed by atoms with Gasteiger partial charge >= 0.3 is 0 Å². The number of fused-ring (bicyclic) bond motifs is 1. The number of hydrogen-bond acceptors (Lipinski definition) is 4. The van der Waals surface area contributed by atoms with Crippen LogP contribution in [0.15, 0.2) is 47.6 Å². The van der Waals surface area contributed by atoms with Crippen LogP contribution in [0.5, 0.6) is 11.5 Å². The number of nitrogens with zero attached hydrogens (tertiary/aromatic N) is 1. The van der Waals surface area contributed by atoms with E-state index in [-0.39, 0.29) is 5.91 Å². The predicted molar refractivity (Wildman–Crippen MR) is 83.7 cm³/mol. The van der Waals surface area contributed by atoms with E-state index in [4.69, 9.17) is 9.47 Å². The molecule has 0 saturated carbocycles. The Hall–Kier alpha value is -2.82. The largest absolute Gasteiger partial charge is 0.486 e. The zero-order valence-corrected chi connectivity index (χ0v) is 12.2. The third-order valence-electron chi connectivity index (χ3n) is 3.26. The average molecular weight is 296 g/mol. The molecule has 22 heavy (non-hydrogen) atoms. The highest BCUT2D eigenvalue weighted by Crippen LogP contribution is 2.30. The van der Waals surface area contributed by atoms with E-state index >= 15 is 0 Å². The van der Waals surface area contributed by atoms with Gasteiger partial charge in [-0.15, -0.1) is 0 Å². The van der Waals surface area contributed by atoms with Crippen LogP contribution in [0.1, 0.15) is 21.5 Å². The van der Waals surface area contributed by atoms with Crippen molar-refractivity contribution >= 4 is 12.1 Å². The molecule has 0 fully saturated rings. The van der Waals surface area contributed by atoms with Crippen molar-refractivity contribution in [2.24, 2.45) is 5.10 Å². The molecule has 0 spiro atoms. The van der Waals surface area contributed by atoms with Crippen molar-refractivity contribution in [2.75, 3.05) is 13.2 Å². The molecule has 5 heteroatoms. The van der Waals surface area contributed by atoms with Crippen molar-refractivity contribution in [2.45, 2.75) is 6.92 Å². The predicted octanol–water partition coefficient (Wildman–Crippen LogP) is 2.53. The smallest absolute Gasteiger partial charge is 0.271 e. The average Bonchev–Trinajstić information content (AvgIpc) is 2.55. The maximum Gasteiger partial charge on any atom is 0.271 e. The molecule has 5 nitrogen and oxygen atoms in total. The second kappa shape index (κ2) is 6.30. The molecule has 2 aromatic carbocycles. The molecule has 0 saturated heterocycles. The van der Waals surface area contributed by atoms with E-state index in [1.165, 1.54) is 0 Å². The van der Waals surface area contributed by atoms with Crippen LogP contribution >= 0.6 is 0 Å². The summed E-state index contributed by atoms with van der Waals surface area (Å²) in [4.78, 5) is 11.9. The van der Waals surface area contributed by atoms with Gasteiger partial charge < -0.3 is 9.47 Å². The summed E-state index contributed by atoms with van der Waals surface area (Å²) in [5.74, 6) is 1.18. The van der Waals surface area contributed by atoms with E-state index in [1.54, 1.807) is 18.3 Å². The first-order valence-corrected chi connectivity index (χ1v) is 7.02. The maximum atomic E-state index is 11.9. The minimum absolute atomic E-state index is 0.242. The van der Waals surface area contributed by atoms with Crippen molar-refractivity contribution in [3.05, 3.63) is 59.2 Å². The molecular formula is C17H16N2O3. The highest BCUT2D eigenvalue weighted by Gasteiger charge is 2.11. The van der Waals surface area contributed by atoms with Crippen LogP contribution in [0.25, 0.3) is 0 Å². The van der Waals surface area contributed by atoms with E-state index in [0.717, 1.165) is 16.9 Å². The Morgan fingerprint density at radius 3 is 2.59 bits per heavy atom. The number of carbonyl (C=O) groups excluding carboxylic acids is 1. The Morgan fingerprint density at radius 1 is 1.09 bits per heavy atom. The SMILES string of the molecule is Cc1ccc(C(=O)N/N=C\c2ccc3c(c2)OCCO3)cc1. The van der Waals surface area contributed by atoms with Crippen LogP contribution in [-0.4, -0.2) is 25.3 Å². The fourth-order valence-electron chi connectivity index (χ4n) is 2.08. The minimum atomic E-state index is -0.242. The van der Waals surface area contributed by atoms with E-state index in [0.29, 0.717) is 24.5 Å². The number of hydrogen-bond donors (Lipinski definition) is 1. The molecule has 1 aliphatic heterocycles. The van der Waals surface area contributed by atoms with Gasteiger partial charge in [-0.2, -0.15) is 5.10 Å². The lowest BCUT2D eigenvalue weighted by Crippen LogP contribution is -2.17. The van der Waals surface area contributed by atoms with E-state index in [1.807, 2.05) is 37.3 Å². The van der Waals surface area contributed by atoms with Crippen molar-refractivity contribution in [1.29, 1.82) is 0 Å². The number of amides is 1. The number of aryl methyl sites for hydroxylation is 1. The van der Waals surface area contributed by atoms with Gasteiger partial charge in [-0.05, 0) is 42.8 Å². The summed E-state index contributed by atoms with van der Waals surface area (Å²) < 4.78 is 10.9. The monoisotopic (exact) mass is 296 g/mol. The van der Waals surface area contributed by atoms with Crippen LogP contribution in [0, 0.1) is 6.92 Å². The first-order chi connectivity index (χ1) is 10.7. The number of hydrazone groups is 1. The number of carbonyl (C=O) groups is 1. The molecule has 0 aliphatic carbocycles. The van der Waals surface area contributed by atoms with Crippen LogP contribution < -0.4 is 14.9 Å². The van der Waals surface area contributed by atoms with Gasteiger partial charge in [0.1, 0.15) is 13.2 Å². The normalized spacial score (nSPS) is 13.1. The first kappa shape index (κ1) is 14.1. The molecule has 0 atom stereocenters. The van der Waals surface area contributed by atoms with Crippen LogP contribution in [0.4, 0.5) is 0 Å². The lowest BCUT2D eigenvalue weighted by Gasteiger charge is -2.18. The summed E-state index contributed by atoms with van der Waals surface area (Å²) in [6.07, 6.45) is 1.57. The second-order valence-electron chi connectivity index (χ2n) is 4.97. The third kappa shape index (κ3) is 3.25. The zero-order chi connectivity index (χ0) is 15.4. The minimum Gasteiger partial charge on any atom is -0.486 e. The van der Waals surface area contributed by atoms with Crippen LogP contribution in [0.2, 0.25) is 0 Å². The van der Waals surface area contributed by atoms with E-state index in [9.17, 15) is 4.79 Å². The van der Waals surface area contributed by atoms with Crippen molar-refractivity contribution in [1.82, 2.24) is 5.43 Å². The van der Waals surface area contributed by atoms with Gasteiger partial charge in [0.15, 0.2) is 11.5 Å². The summed E-state index contributed by atoms with van der Waals surface area (Å²) in [5.41, 5.74) is 5.01. The molecule has 2 aromatic rings. The van der Waals surface area contributed by atoms with Crippen molar-refractivity contribution in [3.63, 3.8) is 0 Å². The lowest BCUT2D eigenvalue weighted by atomic mass is 10.1. The van der Waals surface area contributed by atoms with Crippen molar-refractivity contribution in [3.8, 4) is 11.5 Å². The second-order valence-corrected chi connectivity index (χ2v) is 4.97. The van der Waals surface area contributed by atoms with E-state index < -0.39 is 0 Å². The summed E-state index contributed by atoms with van der Waals surface area (Å²) in [6.45, 7) is 3.08. The van der Waals surface area contributed by atoms with Crippen molar-refractivity contribution < 1.29 is 14.3 Å². The zero-order valence-electron chi connectivity index (χ0n) is 12.2. The standard InChI is InChI=1S/C17H16N2O3/c1-12-2-5-14(6-3-12)17(20)19-18-11-13-4-7-15-16(10-13)22-9-8-21-15/h2-7,10-11H,8-9H2,1H3,(H,19,20)/b18-11-. The van der Waals surface area contributed by atoms with Gasteiger partial charge in [0.2, 0.25) is 0 Å². The highest BCUT2D eigenvalue weighted by atomic mass is 16.6. The number of rotatable bonds is 3. The molecule has 1 N–H and O–H groups in total. The number of ether oxygens (including phenoxy) is 2. The summed E-state index contributed by atoms with van der Waals surface area (Å²) >= 11 is 0. The molecule has 112 valence electrons. The van der Waals surface area contributed by atoms with Gasteiger partial charge in [0, 0.05) is 5.56 Å². The topological polar surface area (TPSA) is 59.9 Å². The number of benzene rings is 2. The Bertz CT molecular complexity index is 708. The molecular weight excluding hydrogens is 280 g/mol. The summed E-state index contributed by atoms with van der Waals surface area (Å²) in [7, 11) is 0. The molecule has 0 radical (unpaired) electrons. The summed E-state index contributed by atoms with van der Waals surface area (Å²) in [5, 5.41) is 3.97. The maximum absolute atomic E-state index is 11.9. The Labute approximate surface area is 128 Å². The van der Waals surface area contributed by atoms with Gasteiger partial charge in [-0.1, -0.05) is 17.7 Å². The Morgan fingerprint density at radius 2 is 1.82 bits per heavy atom. The molecule has 0 unspecified atom stereocenters. The van der Waals surface area contributed by atoms with Gasteiger partial charge in [0.05, 0.1) is 6.21 Å². The van der Waals surface area contributed by atoms with Gasteiger partial charge in [0.25, 0.3) is 5.91 Å². The Balaban J connectivity index is 1.64. The van der Waals surface area contributed by atoms with Gasteiger partial charge in [-0.25, -0.2) is 5.43 Å². The molecule has 3 rings (SSSR count). The molecule has 0 aromatic heterocycles. The molecule has 0 bridgehead atoms. The molecule has 1 aliphatic rings. The first-order valence-electron chi connectivity index (χ1n) is 7.02. The lowest BCUT2D eigenvalue weighted by molar-refractivity contribution is 0.0955. The molecule has 1 amide bonds. The van der Waals surface area contributed by atoms with Gasteiger partial charge in [-0.3, -0.25) is 4.79 Å². The number of nitrogens with one attached hydrogen (secondary N) is 1. The quantitative estimate of drug-likeness (QED) is 0.699. The van der Waals surface area contributed by atoms with E-state index in [2.05, 4.69) is 10.5 Å².